The maximum atomic E-state index is 13.8. The van der Waals surface area contributed by atoms with E-state index in [2.05, 4.69) is 25.5 Å². The first kappa shape index (κ1) is 20.0. The molecule has 29 heavy (non-hydrogen) atoms. The topological polar surface area (TPSA) is 115 Å². The smallest absolute Gasteiger partial charge is 0.291 e. The van der Waals surface area contributed by atoms with Crippen molar-refractivity contribution in [2.75, 3.05) is 6.61 Å². The van der Waals surface area contributed by atoms with Crippen molar-refractivity contribution in [2.24, 2.45) is 10.8 Å². The van der Waals surface area contributed by atoms with Crippen LogP contribution in [-0.4, -0.2) is 33.7 Å². The predicted molar refractivity (Wildman–Crippen MR) is 106 cm³/mol. The summed E-state index contributed by atoms with van der Waals surface area (Å²) in [5, 5.41) is 3.79. The summed E-state index contributed by atoms with van der Waals surface area (Å²) in [6.07, 6.45) is 5.62. The fourth-order valence-corrected chi connectivity index (χ4v) is 2.42. The van der Waals surface area contributed by atoms with Crippen molar-refractivity contribution in [3.05, 3.63) is 71.6 Å². The minimum Gasteiger partial charge on any atom is -0.478 e. The molecule has 0 aliphatic heterocycles. The van der Waals surface area contributed by atoms with Gasteiger partial charge >= 0.3 is 0 Å². The van der Waals surface area contributed by atoms with Crippen LogP contribution in [0.4, 0.5) is 4.39 Å². The zero-order valence-electron chi connectivity index (χ0n) is 15.7. The van der Waals surface area contributed by atoms with E-state index in [0.717, 1.165) is 5.56 Å². The first-order valence-corrected chi connectivity index (χ1v) is 8.84. The van der Waals surface area contributed by atoms with Crippen LogP contribution in [0.1, 0.15) is 28.5 Å². The lowest BCUT2D eigenvalue weighted by Gasteiger charge is -2.05. The number of nitrogens with one attached hydrogen (secondary N) is 1. The molecule has 0 aliphatic carbocycles. The molecule has 0 saturated heterocycles. The van der Waals surface area contributed by atoms with Crippen molar-refractivity contribution in [3.63, 3.8) is 0 Å². The average Bonchev–Trinajstić information content (AvgIpc) is 2.76. The molecule has 9 heteroatoms. The third-order valence-corrected chi connectivity index (χ3v) is 3.86. The normalized spacial score (nSPS) is 10.9. The van der Waals surface area contributed by atoms with Gasteiger partial charge in [-0.05, 0) is 30.7 Å². The number of carbonyl (C=O) groups is 1. The Labute approximate surface area is 166 Å². The molecule has 0 spiro atoms. The molecule has 3 N–H and O–H groups in total. The number of ether oxygens (including phenoxy) is 1. The molecule has 0 aliphatic rings. The van der Waals surface area contributed by atoms with E-state index in [1.165, 1.54) is 24.7 Å². The standard InChI is InChI=1S/C20H19FN6O2/c1-2-29-19-6-4-14(9-24-19)17-11-23-12-18(26-17)20(28)27-25-10-15-7-13(8-22)3-5-16(15)21/h3-7,9-12H,2,8,22H2,1H3,(H,27,28)/b25-10+. The summed E-state index contributed by atoms with van der Waals surface area (Å²) in [7, 11) is 0. The van der Waals surface area contributed by atoms with Crippen LogP contribution in [0.15, 0.2) is 54.0 Å². The van der Waals surface area contributed by atoms with Crippen molar-refractivity contribution >= 4 is 12.1 Å². The monoisotopic (exact) mass is 394 g/mol. The second kappa shape index (κ2) is 9.47. The third-order valence-electron chi connectivity index (χ3n) is 3.86. The number of benzene rings is 1. The van der Waals surface area contributed by atoms with E-state index in [1.54, 1.807) is 30.5 Å². The highest BCUT2D eigenvalue weighted by Gasteiger charge is 2.10. The molecular weight excluding hydrogens is 375 g/mol. The molecule has 0 fully saturated rings. The first-order valence-electron chi connectivity index (χ1n) is 8.84. The lowest BCUT2D eigenvalue weighted by molar-refractivity contribution is 0.0950. The molecule has 2 heterocycles. The van der Waals surface area contributed by atoms with E-state index in [0.29, 0.717) is 23.7 Å². The molecule has 148 valence electrons. The number of nitrogens with two attached hydrogens (primary N) is 1. The van der Waals surface area contributed by atoms with Gasteiger partial charge in [-0.25, -0.2) is 19.8 Å². The lowest BCUT2D eigenvalue weighted by atomic mass is 10.1. The Morgan fingerprint density at radius 1 is 1.28 bits per heavy atom. The van der Waals surface area contributed by atoms with E-state index >= 15 is 0 Å². The minimum atomic E-state index is -0.579. The van der Waals surface area contributed by atoms with Gasteiger partial charge in [-0.1, -0.05) is 6.07 Å². The van der Waals surface area contributed by atoms with Gasteiger partial charge in [0.05, 0.1) is 30.9 Å². The van der Waals surface area contributed by atoms with Crippen LogP contribution in [0.25, 0.3) is 11.3 Å². The van der Waals surface area contributed by atoms with Crippen LogP contribution in [0.2, 0.25) is 0 Å². The zero-order valence-corrected chi connectivity index (χ0v) is 15.7. The maximum absolute atomic E-state index is 13.8. The third kappa shape index (κ3) is 5.17. The Morgan fingerprint density at radius 2 is 2.14 bits per heavy atom. The van der Waals surface area contributed by atoms with Crippen molar-refractivity contribution in [1.29, 1.82) is 0 Å². The largest absolute Gasteiger partial charge is 0.478 e. The maximum Gasteiger partial charge on any atom is 0.291 e. The fraction of sp³-hybridized carbons (Fsp3) is 0.150. The molecule has 3 rings (SSSR count). The van der Waals surface area contributed by atoms with Gasteiger partial charge in [-0.15, -0.1) is 0 Å². The first-order chi connectivity index (χ1) is 14.1. The number of hydrogen-bond acceptors (Lipinski definition) is 7. The zero-order chi connectivity index (χ0) is 20.6. The van der Waals surface area contributed by atoms with E-state index in [4.69, 9.17) is 10.5 Å². The summed E-state index contributed by atoms with van der Waals surface area (Å²) in [6, 6.07) is 7.92. The Bertz CT molecular complexity index is 1020. The molecule has 0 bridgehead atoms. The van der Waals surface area contributed by atoms with Crippen molar-refractivity contribution in [3.8, 4) is 17.1 Å². The molecule has 0 radical (unpaired) electrons. The number of pyridine rings is 1. The summed E-state index contributed by atoms with van der Waals surface area (Å²) in [6.45, 7) is 2.66. The quantitative estimate of drug-likeness (QED) is 0.469. The Kier molecular flexibility index (Phi) is 6.54. The Hall–Kier alpha value is -3.72. The number of amides is 1. The van der Waals surface area contributed by atoms with Gasteiger partial charge < -0.3 is 10.5 Å². The van der Waals surface area contributed by atoms with E-state index < -0.39 is 11.7 Å². The highest BCUT2D eigenvalue weighted by atomic mass is 19.1. The van der Waals surface area contributed by atoms with Crippen LogP contribution in [0, 0.1) is 5.82 Å². The summed E-state index contributed by atoms with van der Waals surface area (Å²) < 4.78 is 19.1. The van der Waals surface area contributed by atoms with Crippen molar-refractivity contribution in [1.82, 2.24) is 20.4 Å². The van der Waals surface area contributed by atoms with Crippen LogP contribution < -0.4 is 15.9 Å². The highest BCUT2D eigenvalue weighted by molar-refractivity contribution is 5.93. The molecule has 0 unspecified atom stereocenters. The van der Waals surface area contributed by atoms with Gasteiger partial charge in [0.15, 0.2) is 0 Å². The molecule has 3 aromatic rings. The number of hydrazone groups is 1. The summed E-state index contributed by atoms with van der Waals surface area (Å²) in [5.74, 6) is -0.548. The van der Waals surface area contributed by atoms with Gasteiger partial charge in [0.2, 0.25) is 5.88 Å². The minimum absolute atomic E-state index is 0.0599. The number of carbonyl (C=O) groups excluding carboxylic acids is 1. The van der Waals surface area contributed by atoms with Gasteiger partial charge in [0.25, 0.3) is 5.91 Å². The van der Waals surface area contributed by atoms with E-state index in [9.17, 15) is 9.18 Å². The molecular formula is C20H19FN6O2. The fourth-order valence-electron chi connectivity index (χ4n) is 2.42. The van der Waals surface area contributed by atoms with Gasteiger partial charge in [-0.3, -0.25) is 9.78 Å². The molecule has 8 nitrogen and oxygen atoms in total. The van der Waals surface area contributed by atoms with Crippen molar-refractivity contribution < 1.29 is 13.9 Å². The van der Waals surface area contributed by atoms with E-state index in [1.807, 2.05) is 6.92 Å². The molecule has 1 aromatic carbocycles. The number of halogens is 1. The number of nitrogens with zero attached hydrogens (tertiary/aromatic N) is 4. The molecule has 0 atom stereocenters. The SMILES string of the molecule is CCOc1ccc(-c2cncc(C(=O)N/N=C/c3cc(CN)ccc3F)n2)cn1. The van der Waals surface area contributed by atoms with Crippen LogP contribution >= 0.6 is 0 Å². The Balaban J connectivity index is 1.71. The average molecular weight is 394 g/mol. The van der Waals surface area contributed by atoms with Crippen LogP contribution in [-0.2, 0) is 6.54 Å². The molecule has 2 aromatic heterocycles. The van der Waals surface area contributed by atoms with Crippen molar-refractivity contribution in [2.45, 2.75) is 13.5 Å². The number of hydrogen-bond donors (Lipinski definition) is 2. The van der Waals surface area contributed by atoms with Crippen LogP contribution in [0.5, 0.6) is 5.88 Å². The highest BCUT2D eigenvalue weighted by Crippen LogP contribution is 2.18. The lowest BCUT2D eigenvalue weighted by Crippen LogP contribution is -2.19. The second-order valence-electron chi connectivity index (χ2n) is 5.87. The molecule has 1 amide bonds. The number of aromatic nitrogens is 3. The van der Waals surface area contributed by atoms with E-state index in [-0.39, 0.29) is 17.8 Å². The van der Waals surface area contributed by atoms with Gasteiger partial charge in [0, 0.05) is 29.9 Å². The molecule has 0 saturated carbocycles. The Morgan fingerprint density at radius 3 is 2.86 bits per heavy atom. The predicted octanol–water partition coefficient (Wildman–Crippen LogP) is 2.30. The van der Waals surface area contributed by atoms with Crippen LogP contribution in [0.3, 0.4) is 0 Å². The summed E-state index contributed by atoms with van der Waals surface area (Å²) >= 11 is 0. The number of rotatable bonds is 7. The summed E-state index contributed by atoms with van der Waals surface area (Å²) in [4.78, 5) is 24.8. The second-order valence-corrected chi connectivity index (χ2v) is 5.87. The summed E-state index contributed by atoms with van der Waals surface area (Å²) in [5.41, 5.74) is 10.0. The van der Waals surface area contributed by atoms with Gasteiger partial charge in [0.1, 0.15) is 11.5 Å². The van der Waals surface area contributed by atoms with Gasteiger partial charge in [-0.2, -0.15) is 5.10 Å².